The van der Waals surface area contributed by atoms with Gasteiger partial charge in [0.15, 0.2) is 11.6 Å². The van der Waals surface area contributed by atoms with E-state index in [-0.39, 0.29) is 5.91 Å². The normalized spacial score (nSPS) is 12.0. The van der Waals surface area contributed by atoms with Gasteiger partial charge in [0.1, 0.15) is 0 Å². The largest absolute Gasteiger partial charge is 0.351 e. The maximum Gasteiger partial charge on any atom is 0.233 e. The van der Waals surface area contributed by atoms with E-state index in [0.717, 1.165) is 17.7 Å². The number of halogens is 2. The lowest BCUT2D eigenvalue weighted by Crippen LogP contribution is -2.30. The van der Waals surface area contributed by atoms with Crippen molar-refractivity contribution >= 4 is 17.7 Å². The predicted octanol–water partition coefficient (Wildman–Crippen LogP) is 3.76. The van der Waals surface area contributed by atoms with Crippen LogP contribution in [0.2, 0.25) is 0 Å². The SMILES string of the molecule is C[C@@H](Sc1ccc(F)c(F)c1)C(=O)NCc1ccccc1. The Bertz CT molecular complexity index is 619. The smallest absolute Gasteiger partial charge is 0.233 e. The first kappa shape index (κ1) is 15.5. The van der Waals surface area contributed by atoms with Crippen LogP contribution in [-0.2, 0) is 11.3 Å². The van der Waals surface area contributed by atoms with Crippen LogP contribution in [0.3, 0.4) is 0 Å². The molecule has 0 radical (unpaired) electrons. The lowest BCUT2D eigenvalue weighted by molar-refractivity contribution is -0.120. The third-order valence-electron chi connectivity index (χ3n) is 2.88. The van der Waals surface area contributed by atoms with Crippen LogP contribution in [0.25, 0.3) is 0 Å². The topological polar surface area (TPSA) is 29.1 Å². The molecule has 0 fully saturated rings. The molecule has 2 aromatic carbocycles. The first-order valence-electron chi connectivity index (χ1n) is 6.49. The summed E-state index contributed by atoms with van der Waals surface area (Å²) in [5, 5.41) is 2.43. The van der Waals surface area contributed by atoms with Crippen molar-refractivity contribution in [3.05, 3.63) is 65.7 Å². The number of thioether (sulfide) groups is 1. The number of carbonyl (C=O) groups excluding carboxylic acids is 1. The van der Waals surface area contributed by atoms with Crippen molar-refractivity contribution in [3.63, 3.8) is 0 Å². The molecule has 0 aromatic heterocycles. The molecule has 0 saturated heterocycles. The van der Waals surface area contributed by atoms with E-state index in [1.54, 1.807) is 6.92 Å². The summed E-state index contributed by atoms with van der Waals surface area (Å²) in [6.45, 7) is 2.18. The Hall–Kier alpha value is -1.88. The zero-order chi connectivity index (χ0) is 15.2. The summed E-state index contributed by atoms with van der Waals surface area (Å²) < 4.78 is 26.0. The highest BCUT2D eigenvalue weighted by Crippen LogP contribution is 2.24. The minimum absolute atomic E-state index is 0.145. The van der Waals surface area contributed by atoms with Gasteiger partial charge in [-0.25, -0.2) is 8.78 Å². The van der Waals surface area contributed by atoms with Gasteiger partial charge in [-0.15, -0.1) is 11.8 Å². The molecule has 0 saturated carbocycles. The van der Waals surface area contributed by atoms with E-state index in [4.69, 9.17) is 0 Å². The second kappa shape index (κ2) is 7.22. The van der Waals surface area contributed by atoms with E-state index in [1.807, 2.05) is 30.3 Å². The van der Waals surface area contributed by atoms with E-state index in [0.29, 0.717) is 11.4 Å². The zero-order valence-electron chi connectivity index (χ0n) is 11.5. The van der Waals surface area contributed by atoms with Crippen LogP contribution >= 0.6 is 11.8 Å². The third kappa shape index (κ3) is 4.56. The summed E-state index contributed by atoms with van der Waals surface area (Å²) in [5.41, 5.74) is 1.01. The summed E-state index contributed by atoms with van der Waals surface area (Å²) in [6.07, 6.45) is 0. The molecule has 21 heavy (non-hydrogen) atoms. The van der Waals surface area contributed by atoms with Crippen molar-refractivity contribution in [3.8, 4) is 0 Å². The third-order valence-corrected chi connectivity index (χ3v) is 3.98. The molecule has 2 rings (SSSR count). The summed E-state index contributed by atoms with van der Waals surface area (Å²) in [7, 11) is 0. The quantitative estimate of drug-likeness (QED) is 0.852. The zero-order valence-corrected chi connectivity index (χ0v) is 12.3. The van der Waals surface area contributed by atoms with Gasteiger partial charge in [-0.1, -0.05) is 30.3 Å². The van der Waals surface area contributed by atoms with Crippen molar-refractivity contribution < 1.29 is 13.6 Å². The standard InChI is InChI=1S/C16H15F2NOS/c1-11(21-13-7-8-14(17)15(18)9-13)16(20)19-10-12-5-3-2-4-6-12/h2-9,11H,10H2,1H3,(H,19,20)/t11-/m1/s1. The molecule has 5 heteroatoms. The van der Waals surface area contributed by atoms with Crippen LogP contribution < -0.4 is 5.32 Å². The van der Waals surface area contributed by atoms with Crippen molar-refractivity contribution in [1.82, 2.24) is 5.32 Å². The Morgan fingerprint density at radius 2 is 1.86 bits per heavy atom. The molecule has 0 bridgehead atoms. The maximum atomic E-state index is 13.1. The molecule has 1 amide bonds. The van der Waals surface area contributed by atoms with Crippen molar-refractivity contribution in [2.45, 2.75) is 23.6 Å². The first-order valence-corrected chi connectivity index (χ1v) is 7.37. The van der Waals surface area contributed by atoms with Crippen LogP contribution in [-0.4, -0.2) is 11.2 Å². The molecular weight excluding hydrogens is 292 g/mol. The van der Waals surface area contributed by atoms with E-state index in [9.17, 15) is 13.6 Å². The van der Waals surface area contributed by atoms with Crippen molar-refractivity contribution in [2.24, 2.45) is 0 Å². The Morgan fingerprint density at radius 3 is 2.52 bits per heavy atom. The lowest BCUT2D eigenvalue weighted by atomic mass is 10.2. The van der Waals surface area contributed by atoms with Gasteiger partial charge in [0, 0.05) is 11.4 Å². The Kier molecular flexibility index (Phi) is 5.33. The fourth-order valence-electron chi connectivity index (χ4n) is 1.74. The van der Waals surface area contributed by atoms with Crippen molar-refractivity contribution in [2.75, 3.05) is 0 Å². The lowest BCUT2D eigenvalue weighted by Gasteiger charge is -2.12. The minimum Gasteiger partial charge on any atom is -0.351 e. The van der Waals surface area contributed by atoms with E-state index in [1.165, 1.54) is 17.8 Å². The molecule has 0 heterocycles. The van der Waals surface area contributed by atoms with Crippen LogP contribution in [0.15, 0.2) is 53.4 Å². The van der Waals surface area contributed by atoms with Gasteiger partial charge in [0.25, 0.3) is 0 Å². The second-order valence-corrected chi connectivity index (χ2v) is 5.95. The molecule has 0 spiro atoms. The van der Waals surface area contributed by atoms with Gasteiger partial charge in [-0.2, -0.15) is 0 Å². The van der Waals surface area contributed by atoms with Gasteiger partial charge in [0.2, 0.25) is 5.91 Å². The molecule has 0 aliphatic carbocycles. The molecule has 2 nitrogen and oxygen atoms in total. The molecule has 0 aliphatic heterocycles. The monoisotopic (exact) mass is 307 g/mol. The van der Waals surface area contributed by atoms with Crippen molar-refractivity contribution in [1.29, 1.82) is 0 Å². The number of nitrogens with one attached hydrogen (secondary N) is 1. The van der Waals surface area contributed by atoms with Gasteiger partial charge >= 0.3 is 0 Å². The van der Waals surface area contributed by atoms with Crippen LogP contribution in [0.4, 0.5) is 8.78 Å². The molecule has 0 aliphatic rings. The molecule has 2 aromatic rings. The summed E-state index contributed by atoms with van der Waals surface area (Å²) in [6, 6.07) is 13.2. The minimum atomic E-state index is -0.906. The van der Waals surface area contributed by atoms with Crippen LogP contribution in [0.1, 0.15) is 12.5 Å². The van der Waals surface area contributed by atoms with Crippen LogP contribution in [0.5, 0.6) is 0 Å². The summed E-state index contributed by atoms with van der Waals surface area (Å²) in [4.78, 5) is 12.5. The number of hydrogen-bond acceptors (Lipinski definition) is 2. The Balaban J connectivity index is 1.88. The average molecular weight is 307 g/mol. The molecule has 110 valence electrons. The number of rotatable bonds is 5. The number of amides is 1. The summed E-state index contributed by atoms with van der Waals surface area (Å²) >= 11 is 1.19. The van der Waals surface area contributed by atoms with Gasteiger partial charge in [-0.3, -0.25) is 4.79 Å². The average Bonchev–Trinajstić information content (AvgIpc) is 2.49. The van der Waals surface area contributed by atoms with Crippen LogP contribution in [0, 0.1) is 11.6 Å². The van der Waals surface area contributed by atoms with Gasteiger partial charge in [-0.05, 0) is 30.7 Å². The van der Waals surface area contributed by atoms with Gasteiger partial charge < -0.3 is 5.32 Å². The first-order chi connectivity index (χ1) is 10.1. The Labute approximate surface area is 126 Å². The number of carbonyl (C=O) groups is 1. The number of hydrogen-bond donors (Lipinski definition) is 1. The molecular formula is C16H15F2NOS. The van der Waals surface area contributed by atoms with E-state index < -0.39 is 16.9 Å². The second-order valence-electron chi connectivity index (χ2n) is 4.54. The highest BCUT2D eigenvalue weighted by Gasteiger charge is 2.15. The van der Waals surface area contributed by atoms with E-state index >= 15 is 0 Å². The maximum absolute atomic E-state index is 13.1. The highest BCUT2D eigenvalue weighted by atomic mass is 32.2. The molecule has 1 N–H and O–H groups in total. The highest BCUT2D eigenvalue weighted by molar-refractivity contribution is 8.00. The predicted molar refractivity (Wildman–Crippen MR) is 80.0 cm³/mol. The molecule has 1 atom stereocenters. The van der Waals surface area contributed by atoms with E-state index in [2.05, 4.69) is 5.32 Å². The summed E-state index contributed by atoms with van der Waals surface area (Å²) in [5.74, 6) is -1.94. The molecule has 0 unspecified atom stereocenters. The van der Waals surface area contributed by atoms with Gasteiger partial charge in [0.05, 0.1) is 5.25 Å². The number of benzene rings is 2. The fourth-order valence-corrected chi connectivity index (χ4v) is 2.65. The Morgan fingerprint density at radius 1 is 1.14 bits per heavy atom. The fraction of sp³-hybridized carbons (Fsp3) is 0.188.